The van der Waals surface area contributed by atoms with E-state index in [1.165, 1.54) is 58.3 Å². The third-order valence-electron chi connectivity index (χ3n) is 4.28. The third kappa shape index (κ3) is 4.57. The zero-order chi connectivity index (χ0) is 11.9. The van der Waals surface area contributed by atoms with Crippen LogP contribution in [0.2, 0.25) is 0 Å². The highest BCUT2D eigenvalue weighted by Crippen LogP contribution is 2.16. The second-order valence-electron chi connectivity index (χ2n) is 5.53. The zero-order valence-corrected chi connectivity index (χ0v) is 11.3. The molecule has 0 radical (unpaired) electrons. The largest absolute Gasteiger partial charge is 0.381 e. The summed E-state index contributed by atoms with van der Waals surface area (Å²) < 4.78 is 5.41. The summed E-state index contributed by atoms with van der Waals surface area (Å²) in [6, 6.07) is 0.758. The predicted octanol–water partition coefficient (Wildman–Crippen LogP) is 1.88. The van der Waals surface area contributed by atoms with Gasteiger partial charge in [-0.25, -0.2) is 0 Å². The summed E-state index contributed by atoms with van der Waals surface area (Å²) in [5, 5.41) is 3.75. The molecule has 0 amide bonds. The van der Waals surface area contributed by atoms with Crippen LogP contribution in [-0.4, -0.2) is 50.3 Å². The second-order valence-corrected chi connectivity index (χ2v) is 5.53. The first-order valence-electron chi connectivity index (χ1n) is 7.42. The average Bonchev–Trinajstić information content (AvgIpc) is 2.75. The highest BCUT2D eigenvalue weighted by Gasteiger charge is 2.18. The summed E-state index contributed by atoms with van der Waals surface area (Å²) in [5.41, 5.74) is 0. The molecule has 2 heterocycles. The minimum Gasteiger partial charge on any atom is -0.381 e. The summed E-state index contributed by atoms with van der Waals surface area (Å²) >= 11 is 0. The summed E-state index contributed by atoms with van der Waals surface area (Å²) in [7, 11) is 0. The van der Waals surface area contributed by atoms with Gasteiger partial charge >= 0.3 is 0 Å². The van der Waals surface area contributed by atoms with Gasteiger partial charge in [0.1, 0.15) is 0 Å². The van der Waals surface area contributed by atoms with E-state index in [1.54, 1.807) is 0 Å². The summed E-state index contributed by atoms with van der Waals surface area (Å²) in [6.45, 7) is 9.23. The van der Waals surface area contributed by atoms with Crippen LogP contribution >= 0.6 is 0 Å². The van der Waals surface area contributed by atoms with Crippen molar-refractivity contribution in [2.24, 2.45) is 5.92 Å². The van der Waals surface area contributed by atoms with E-state index in [4.69, 9.17) is 4.74 Å². The smallest absolute Gasteiger partial charge is 0.0495 e. The molecule has 0 spiro atoms. The van der Waals surface area contributed by atoms with Gasteiger partial charge in [0, 0.05) is 19.3 Å². The molecule has 0 bridgehead atoms. The van der Waals surface area contributed by atoms with Gasteiger partial charge in [-0.15, -0.1) is 0 Å². The molecule has 2 aliphatic rings. The fraction of sp³-hybridized carbons (Fsp3) is 1.00. The zero-order valence-electron chi connectivity index (χ0n) is 11.3. The molecule has 2 rings (SSSR count). The highest BCUT2D eigenvalue weighted by molar-refractivity contribution is 4.75. The van der Waals surface area contributed by atoms with E-state index >= 15 is 0 Å². The van der Waals surface area contributed by atoms with E-state index < -0.39 is 0 Å². The Labute approximate surface area is 106 Å². The van der Waals surface area contributed by atoms with Gasteiger partial charge in [-0.05, 0) is 64.2 Å². The van der Waals surface area contributed by atoms with Gasteiger partial charge in [-0.3, -0.25) is 0 Å². The normalized spacial score (nSPS) is 31.6. The Bertz CT molecular complexity index is 204. The van der Waals surface area contributed by atoms with Crippen molar-refractivity contribution in [3.63, 3.8) is 0 Å². The maximum Gasteiger partial charge on any atom is 0.0495 e. The Morgan fingerprint density at radius 1 is 1.24 bits per heavy atom. The molecule has 3 heteroatoms. The van der Waals surface area contributed by atoms with E-state index in [1.807, 2.05) is 0 Å². The Morgan fingerprint density at radius 2 is 2.18 bits per heavy atom. The lowest BCUT2D eigenvalue weighted by atomic mass is 10.0. The standard InChI is InChI=1S/C14H28N2O/c1-2-16-9-3-4-14(6-10-16)15-8-5-13-7-11-17-12-13/h13-15H,2-12H2,1H3. The minimum absolute atomic E-state index is 0.758. The monoisotopic (exact) mass is 240 g/mol. The Kier molecular flexibility index (Phi) is 5.75. The molecule has 2 fully saturated rings. The number of nitrogens with one attached hydrogen (secondary N) is 1. The van der Waals surface area contributed by atoms with E-state index in [-0.39, 0.29) is 0 Å². The number of ether oxygens (including phenoxy) is 1. The first kappa shape index (κ1) is 13.3. The first-order valence-corrected chi connectivity index (χ1v) is 7.42. The van der Waals surface area contributed by atoms with Crippen LogP contribution < -0.4 is 5.32 Å². The first-order chi connectivity index (χ1) is 8.38. The molecule has 3 nitrogen and oxygen atoms in total. The fourth-order valence-electron chi connectivity index (χ4n) is 2.98. The van der Waals surface area contributed by atoms with Crippen molar-refractivity contribution in [2.75, 3.05) is 39.4 Å². The SMILES string of the molecule is CCN1CCCC(NCCC2CCOC2)CC1. The lowest BCUT2D eigenvalue weighted by Crippen LogP contribution is -2.32. The lowest BCUT2D eigenvalue weighted by molar-refractivity contribution is 0.184. The van der Waals surface area contributed by atoms with Gasteiger partial charge in [0.25, 0.3) is 0 Å². The molecule has 0 aromatic rings. The van der Waals surface area contributed by atoms with Crippen LogP contribution in [0.25, 0.3) is 0 Å². The van der Waals surface area contributed by atoms with Crippen molar-refractivity contribution in [2.45, 2.75) is 45.1 Å². The lowest BCUT2D eigenvalue weighted by Gasteiger charge is -2.19. The second kappa shape index (κ2) is 7.34. The van der Waals surface area contributed by atoms with Crippen molar-refractivity contribution < 1.29 is 4.74 Å². The highest BCUT2D eigenvalue weighted by atomic mass is 16.5. The molecule has 1 N–H and O–H groups in total. The molecule has 2 atom stereocenters. The molecule has 2 saturated heterocycles. The number of rotatable bonds is 5. The molecule has 0 aliphatic carbocycles. The number of nitrogens with zero attached hydrogens (tertiary/aromatic N) is 1. The van der Waals surface area contributed by atoms with Gasteiger partial charge in [-0.1, -0.05) is 6.92 Å². The Balaban J connectivity index is 1.58. The van der Waals surface area contributed by atoms with Crippen LogP contribution in [0, 0.1) is 5.92 Å². The molecule has 0 saturated carbocycles. The topological polar surface area (TPSA) is 24.5 Å². The summed E-state index contributed by atoms with van der Waals surface area (Å²) in [4.78, 5) is 2.58. The molecule has 0 aromatic carbocycles. The van der Waals surface area contributed by atoms with Gasteiger partial charge < -0.3 is 15.0 Å². The Hall–Kier alpha value is -0.120. The van der Waals surface area contributed by atoms with Gasteiger partial charge in [0.05, 0.1) is 0 Å². The minimum atomic E-state index is 0.758. The van der Waals surface area contributed by atoms with Crippen LogP contribution in [-0.2, 0) is 4.74 Å². The van der Waals surface area contributed by atoms with E-state index in [0.717, 1.165) is 25.2 Å². The van der Waals surface area contributed by atoms with Gasteiger partial charge in [0.15, 0.2) is 0 Å². The number of likely N-dealkylation sites (tertiary alicyclic amines) is 1. The van der Waals surface area contributed by atoms with Crippen LogP contribution in [0.5, 0.6) is 0 Å². The molecular formula is C14H28N2O. The average molecular weight is 240 g/mol. The van der Waals surface area contributed by atoms with Crippen molar-refractivity contribution in [3.8, 4) is 0 Å². The molecule has 2 unspecified atom stereocenters. The van der Waals surface area contributed by atoms with Crippen LogP contribution in [0.15, 0.2) is 0 Å². The summed E-state index contributed by atoms with van der Waals surface area (Å²) in [6.07, 6.45) is 6.62. The van der Waals surface area contributed by atoms with E-state index in [9.17, 15) is 0 Å². The van der Waals surface area contributed by atoms with Gasteiger partial charge in [0.2, 0.25) is 0 Å². The number of hydrogen-bond acceptors (Lipinski definition) is 3. The Morgan fingerprint density at radius 3 is 2.94 bits per heavy atom. The molecule has 17 heavy (non-hydrogen) atoms. The van der Waals surface area contributed by atoms with E-state index in [2.05, 4.69) is 17.1 Å². The summed E-state index contributed by atoms with van der Waals surface area (Å²) in [5.74, 6) is 0.820. The fourth-order valence-corrected chi connectivity index (χ4v) is 2.98. The van der Waals surface area contributed by atoms with E-state index in [0.29, 0.717) is 0 Å². The maximum absolute atomic E-state index is 5.41. The van der Waals surface area contributed by atoms with Crippen molar-refractivity contribution in [1.29, 1.82) is 0 Å². The molecule has 2 aliphatic heterocycles. The number of hydrogen-bond donors (Lipinski definition) is 1. The molecule has 100 valence electrons. The van der Waals surface area contributed by atoms with Crippen molar-refractivity contribution in [3.05, 3.63) is 0 Å². The van der Waals surface area contributed by atoms with Crippen LogP contribution in [0.4, 0.5) is 0 Å². The third-order valence-corrected chi connectivity index (χ3v) is 4.28. The quantitative estimate of drug-likeness (QED) is 0.794. The van der Waals surface area contributed by atoms with Crippen molar-refractivity contribution in [1.82, 2.24) is 10.2 Å². The van der Waals surface area contributed by atoms with Gasteiger partial charge in [-0.2, -0.15) is 0 Å². The molecule has 0 aromatic heterocycles. The molecular weight excluding hydrogens is 212 g/mol. The predicted molar refractivity (Wildman–Crippen MR) is 71.3 cm³/mol. The maximum atomic E-state index is 5.41. The van der Waals surface area contributed by atoms with Crippen molar-refractivity contribution >= 4 is 0 Å². The van der Waals surface area contributed by atoms with Crippen LogP contribution in [0.3, 0.4) is 0 Å². The van der Waals surface area contributed by atoms with Crippen LogP contribution in [0.1, 0.15) is 39.0 Å².